The van der Waals surface area contributed by atoms with E-state index in [0.29, 0.717) is 18.7 Å². The van der Waals surface area contributed by atoms with Gasteiger partial charge in [-0.15, -0.1) is 10.2 Å². The third-order valence-electron chi connectivity index (χ3n) is 4.22. The molecule has 0 aromatic carbocycles. The van der Waals surface area contributed by atoms with E-state index < -0.39 is 0 Å². The Hall–Kier alpha value is -2.46. The van der Waals surface area contributed by atoms with Crippen LogP contribution < -0.4 is 5.32 Å². The zero-order valence-electron chi connectivity index (χ0n) is 12.3. The first-order valence-electron chi connectivity index (χ1n) is 7.29. The van der Waals surface area contributed by atoms with Gasteiger partial charge in [0, 0.05) is 25.4 Å². The molecule has 2 aromatic heterocycles. The standard InChI is InChI=1S/C15H18N6O/c1-21-9-19-20-15(21)10-4-11(14(22)5-10)7-17-13-3-2-12(6-16)18-8-13/h2-3,8-11,14,17,22H,4-5,7H2,1H3/t10-,11+,14+/m0/s1. The summed E-state index contributed by atoms with van der Waals surface area (Å²) in [6, 6.07) is 5.49. The molecular weight excluding hydrogens is 280 g/mol. The molecule has 7 nitrogen and oxygen atoms in total. The fourth-order valence-electron chi connectivity index (χ4n) is 3.01. The van der Waals surface area contributed by atoms with Gasteiger partial charge in [0.1, 0.15) is 23.9 Å². The summed E-state index contributed by atoms with van der Waals surface area (Å²) in [6.07, 6.45) is 4.57. The number of pyridine rings is 1. The van der Waals surface area contributed by atoms with Crippen molar-refractivity contribution in [1.82, 2.24) is 19.7 Å². The summed E-state index contributed by atoms with van der Waals surface area (Å²) in [5.74, 6) is 1.34. The number of aromatic nitrogens is 4. The second-order valence-corrected chi connectivity index (χ2v) is 5.72. The van der Waals surface area contributed by atoms with Crippen LogP contribution in [0.4, 0.5) is 5.69 Å². The van der Waals surface area contributed by atoms with Crippen LogP contribution in [0, 0.1) is 17.2 Å². The molecule has 0 spiro atoms. The van der Waals surface area contributed by atoms with Gasteiger partial charge in [0.15, 0.2) is 0 Å². The minimum Gasteiger partial charge on any atom is -0.393 e. The van der Waals surface area contributed by atoms with E-state index in [1.165, 1.54) is 0 Å². The number of nitrogens with zero attached hydrogens (tertiary/aromatic N) is 5. The highest BCUT2D eigenvalue weighted by molar-refractivity contribution is 5.42. The molecule has 7 heteroatoms. The number of aryl methyl sites for hydroxylation is 1. The lowest BCUT2D eigenvalue weighted by molar-refractivity contribution is 0.137. The molecule has 0 aliphatic heterocycles. The third kappa shape index (κ3) is 2.92. The van der Waals surface area contributed by atoms with Crippen molar-refractivity contribution in [3.63, 3.8) is 0 Å². The number of nitriles is 1. The monoisotopic (exact) mass is 298 g/mol. The molecule has 2 N–H and O–H groups in total. The maximum atomic E-state index is 10.3. The smallest absolute Gasteiger partial charge is 0.140 e. The number of rotatable bonds is 4. The molecule has 2 aromatic rings. The van der Waals surface area contributed by atoms with Crippen molar-refractivity contribution in [2.75, 3.05) is 11.9 Å². The van der Waals surface area contributed by atoms with Crippen molar-refractivity contribution < 1.29 is 5.11 Å². The van der Waals surface area contributed by atoms with Gasteiger partial charge in [0.05, 0.1) is 18.0 Å². The predicted molar refractivity (Wildman–Crippen MR) is 79.9 cm³/mol. The quantitative estimate of drug-likeness (QED) is 0.875. The van der Waals surface area contributed by atoms with Crippen LogP contribution in [0.25, 0.3) is 0 Å². The molecule has 0 amide bonds. The lowest BCUT2D eigenvalue weighted by atomic mass is 10.0. The summed E-state index contributed by atoms with van der Waals surface area (Å²) in [7, 11) is 1.93. The van der Waals surface area contributed by atoms with Crippen molar-refractivity contribution in [2.45, 2.75) is 24.9 Å². The highest BCUT2D eigenvalue weighted by Crippen LogP contribution is 2.37. The minimum absolute atomic E-state index is 0.164. The number of hydrogen-bond acceptors (Lipinski definition) is 6. The lowest BCUT2D eigenvalue weighted by Crippen LogP contribution is -2.21. The van der Waals surface area contributed by atoms with Crippen LogP contribution in [-0.2, 0) is 7.05 Å². The van der Waals surface area contributed by atoms with Gasteiger partial charge in [0.25, 0.3) is 0 Å². The Labute approximate surface area is 128 Å². The van der Waals surface area contributed by atoms with Gasteiger partial charge in [0.2, 0.25) is 0 Å². The maximum absolute atomic E-state index is 10.3. The Morgan fingerprint density at radius 3 is 2.95 bits per heavy atom. The largest absolute Gasteiger partial charge is 0.393 e. The summed E-state index contributed by atoms with van der Waals surface area (Å²) in [4.78, 5) is 4.02. The molecule has 2 heterocycles. The Balaban J connectivity index is 1.59. The van der Waals surface area contributed by atoms with Gasteiger partial charge in [-0.05, 0) is 25.0 Å². The molecule has 0 radical (unpaired) electrons. The summed E-state index contributed by atoms with van der Waals surface area (Å²) < 4.78 is 1.91. The van der Waals surface area contributed by atoms with Crippen LogP contribution in [0.5, 0.6) is 0 Å². The molecular formula is C15H18N6O. The van der Waals surface area contributed by atoms with Gasteiger partial charge >= 0.3 is 0 Å². The van der Waals surface area contributed by atoms with E-state index >= 15 is 0 Å². The molecule has 0 saturated heterocycles. The summed E-state index contributed by atoms with van der Waals surface area (Å²) in [6.45, 7) is 0.670. The molecule has 3 rings (SSSR count). The van der Waals surface area contributed by atoms with E-state index in [9.17, 15) is 5.11 Å². The Morgan fingerprint density at radius 2 is 2.32 bits per heavy atom. The van der Waals surface area contributed by atoms with E-state index in [-0.39, 0.29) is 17.9 Å². The molecule has 1 aliphatic rings. The average Bonchev–Trinajstić information content (AvgIpc) is 3.11. The van der Waals surface area contributed by atoms with Crippen molar-refractivity contribution in [3.8, 4) is 6.07 Å². The summed E-state index contributed by atoms with van der Waals surface area (Å²) in [5.41, 5.74) is 1.25. The third-order valence-corrected chi connectivity index (χ3v) is 4.22. The molecule has 114 valence electrons. The van der Waals surface area contributed by atoms with Crippen LogP contribution in [0.1, 0.15) is 30.3 Å². The van der Waals surface area contributed by atoms with Crippen LogP contribution in [-0.4, -0.2) is 37.5 Å². The number of hydrogen-bond donors (Lipinski definition) is 2. The highest BCUT2D eigenvalue weighted by Gasteiger charge is 2.35. The van der Waals surface area contributed by atoms with Crippen LogP contribution in [0.15, 0.2) is 24.7 Å². The first-order chi connectivity index (χ1) is 10.7. The zero-order valence-corrected chi connectivity index (χ0v) is 12.3. The molecule has 0 bridgehead atoms. The van der Waals surface area contributed by atoms with Crippen molar-refractivity contribution in [1.29, 1.82) is 5.26 Å². The summed E-state index contributed by atoms with van der Waals surface area (Å²) >= 11 is 0. The number of aliphatic hydroxyl groups excluding tert-OH is 1. The second-order valence-electron chi connectivity index (χ2n) is 5.72. The normalized spacial score (nSPS) is 24.1. The van der Waals surface area contributed by atoms with Gasteiger partial charge in [-0.3, -0.25) is 0 Å². The molecule has 1 saturated carbocycles. The number of aliphatic hydroxyl groups is 1. The van der Waals surface area contributed by atoms with E-state index in [4.69, 9.17) is 5.26 Å². The fraction of sp³-hybridized carbons (Fsp3) is 0.467. The van der Waals surface area contributed by atoms with Crippen LogP contribution in [0.2, 0.25) is 0 Å². The van der Waals surface area contributed by atoms with E-state index in [1.807, 2.05) is 23.8 Å². The van der Waals surface area contributed by atoms with Gasteiger partial charge in [-0.25, -0.2) is 4.98 Å². The Morgan fingerprint density at radius 1 is 1.45 bits per heavy atom. The van der Waals surface area contributed by atoms with Crippen LogP contribution >= 0.6 is 0 Å². The fourth-order valence-corrected chi connectivity index (χ4v) is 3.01. The van der Waals surface area contributed by atoms with E-state index in [1.54, 1.807) is 18.6 Å². The number of anilines is 1. The topological polar surface area (TPSA) is 99.7 Å². The SMILES string of the molecule is Cn1cnnc1[C@H]1C[C@H](CNc2ccc(C#N)nc2)[C@H](O)C1. The Bertz CT molecular complexity index is 674. The molecule has 0 unspecified atom stereocenters. The van der Waals surface area contributed by atoms with Crippen molar-refractivity contribution in [3.05, 3.63) is 36.2 Å². The highest BCUT2D eigenvalue weighted by atomic mass is 16.3. The number of nitrogens with one attached hydrogen (secondary N) is 1. The second kappa shape index (κ2) is 6.12. The van der Waals surface area contributed by atoms with Gasteiger partial charge in [-0.2, -0.15) is 5.26 Å². The molecule has 3 atom stereocenters. The first kappa shape index (κ1) is 14.5. The van der Waals surface area contributed by atoms with Crippen molar-refractivity contribution in [2.24, 2.45) is 13.0 Å². The van der Waals surface area contributed by atoms with Crippen LogP contribution in [0.3, 0.4) is 0 Å². The molecule has 1 aliphatic carbocycles. The van der Waals surface area contributed by atoms with E-state index in [2.05, 4.69) is 20.5 Å². The van der Waals surface area contributed by atoms with Gasteiger partial charge in [-0.1, -0.05) is 0 Å². The zero-order chi connectivity index (χ0) is 15.5. The van der Waals surface area contributed by atoms with E-state index in [0.717, 1.165) is 17.9 Å². The molecule has 22 heavy (non-hydrogen) atoms. The van der Waals surface area contributed by atoms with Gasteiger partial charge < -0.3 is 15.0 Å². The Kier molecular flexibility index (Phi) is 4.02. The first-order valence-corrected chi connectivity index (χ1v) is 7.29. The minimum atomic E-state index is -0.347. The summed E-state index contributed by atoms with van der Waals surface area (Å²) in [5, 5.41) is 30.3. The predicted octanol–water partition coefficient (Wildman–Crippen LogP) is 1.05. The van der Waals surface area contributed by atoms with Crippen molar-refractivity contribution >= 4 is 5.69 Å². The lowest BCUT2D eigenvalue weighted by Gasteiger charge is -2.15. The molecule has 1 fully saturated rings. The average molecular weight is 298 g/mol. The maximum Gasteiger partial charge on any atom is 0.140 e.